The van der Waals surface area contributed by atoms with Gasteiger partial charge in [0.05, 0.1) is 12.1 Å². The van der Waals surface area contributed by atoms with Gasteiger partial charge in [0.1, 0.15) is 12.4 Å². The van der Waals surface area contributed by atoms with Gasteiger partial charge in [0.2, 0.25) is 0 Å². The molecule has 0 amide bonds. The molecule has 1 unspecified atom stereocenters. The minimum absolute atomic E-state index is 0.0479. The molecule has 2 aromatic rings. The fourth-order valence-electron chi connectivity index (χ4n) is 2.20. The summed E-state index contributed by atoms with van der Waals surface area (Å²) in [5, 5.41) is 3.78. The van der Waals surface area contributed by atoms with Crippen molar-refractivity contribution in [2.45, 2.75) is 39.5 Å². The molecular formula is C19H23ClFNO2. The van der Waals surface area contributed by atoms with Gasteiger partial charge in [0.15, 0.2) is 11.5 Å². The highest BCUT2D eigenvalue weighted by Crippen LogP contribution is 2.30. The lowest BCUT2D eigenvalue weighted by atomic mass is 10.1. The summed E-state index contributed by atoms with van der Waals surface area (Å²) in [5.41, 5.74) is 1.44. The first-order chi connectivity index (χ1) is 11.5. The van der Waals surface area contributed by atoms with Gasteiger partial charge in [-0.25, -0.2) is 4.39 Å². The van der Waals surface area contributed by atoms with E-state index < -0.39 is 0 Å². The third-order valence-corrected chi connectivity index (χ3v) is 4.28. The van der Waals surface area contributed by atoms with Crippen molar-refractivity contribution in [2.24, 2.45) is 0 Å². The van der Waals surface area contributed by atoms with Crippen LogP contribution < -0.4 is 14.8 Å². The molecule has 24 heavy (non-hydrogen) atoms. The van der Waals surface area contributed by atoms with E-state index in [4.69, 9.17) is 21.1 Å². The molecule has 1 atom stereocenters. The molecule has 0 aromatic heterocycles. The average molecular weight is 352 g/mol. The number of nitrogens with one attached hydrogen (secondary N) is 1. The van der Waals surface area contributed by atoms with Crippen molar-refractivity contribution in [2.75, 3.05) is 7.11 Å². The largest absolute Gasteiger partial charge is 0.493 e. The van der Waals surface area contributed by atoms with Gasteiger partial charge in [-0.15, -0.1) is 0 Å². The number of hydrogen-bond donors (Lipinski definition) is 1. The molecule has 2 rings (SSSR count). The molecular weight excluding hydrogens is 329 g/mol. The maximum absolute atomic E-state index is 13.8. The molecule has 0 aliphatic carbocycles. The summed E-state index contributed by atoms with van der Waals surface area (Å²) in [6.45, 7) is 5.09. The van der Waals surface area contributed by atoms with E-state index in [-0.39, 0.29) is 12.4 Å². The van der Waals surface area contributed by atoms with Gasteiger partial charge in [0, 0.05) is 18.2 Å². The molecule has 2 aromatic carbocycles. The van der Waals surface area contributed by atoms with Crippen molar-refractivity contribution in [1.29, 1.82) is 0 Å². The Kier molecular flexibility index (Phi) is 6.88. The summed E-state index contributed by atoms with van der Waals surface area (Å²) in [7, 11) is 1.59. The Morgan fingerprint density at radius 1 is 1.21 bits per heavy atom. The maximum atomic E-state index is 13.8. The van der Waals surface area contributed by atoms with Gasteiger partial charge in [0.25, 0.3) is 0 Å². The monoisotopic (exact) mass is 351 g/mol. The second-order valence-corrected chi connectivity index (χ2v) is 6.07. The van der Waals surface area contributed by atoms with Gasteiger partial charge in [-0.3, -0.25) is 0 Å². The summed E-state index contributed by atoms with van der Waals surface area (Å²) in [4.78, 5) is 0. The quantitative estimate of drug-likeness (QED) is 0.729. The molecule has 3 nitrogen and oxygen atoms in total. The normalized spacial score (nSPS) is 12.0. The number of benzene rings is 2. The number of halogens is 2. The van der Waals surface area contributed by atoms with Crippen LogP contribution in [-0.2, 0) is 13.2 Å². The van der Waals surface area contributed by atoms with Crippen LogP contribution in [0.5, 0.6) is 11.5 Å². The van der Waals surface area contributed by atoms with Gasteiger partial charge < -0.3 is 14.8 Å². The zero-order valence-corrected chi connectivity index (χ0v) is 15.0. The Morgan fingerprint density at radius 2 is 2.00 bits per heavy atom. The lowest BCUT2D eigenvalue weighted by molar-refractivity contribution is 0.279. The van der Waals surface area contributed by atoms with Crippen molar-refractivity contribution in [3.8, 4) is 11.5 Å². The van der Waals surface area contributed by atoms with Crippen molar-refractivity contribution >= 4 is 11.6 Å². The van der Waals surface area contributed by atoms with Gasteiger partial charge in [-0.05, 0) is 43.2 Å². The standard InChI is InChI=1S/C19H23ClFNO2/c1-4-13(2)22-11-14-8-9-18(19(10-14)23-3)24-12-15-16(20)6-5-7-17(15)21/h5-10,13,22H,4,11-12H2,1-3H3. The predicted molar refractivity (Wildman–Crippen MR) is 95.3 cm³/mol. The van der Waals surface area contributed by atoms with E-state index in [9.17, 15) is 4.39 Å². The maximum Gasteiger partial charge on any atom is 0.161 e. The zero-order valence-electron chi connectivity index (χ0n) is 14.2. The molecule has 5 heteroatoms. The number of methoxy groups -OCH3 is 1. The fraction of sp³-hybridized carbons (Fsp3) is 0.368. The molecule has 0 aliphatic rings. The third kappa shape index (κ3) is 4.86. The van der Waals surface area contributed by atoms with E-state index in [1.54, 1.807) is 19.2 Å². The first-order valence-corrected chi connectivity index (χ1v) is 8.39. The van der Waals surface area contributed by atoms with E-state index >= 15 is 0 Å². The smallest absolute Gasteiger partial charge is 0.161 e. The second-order valence-electron chi connectivity index (χ2n) is 5.66. The SMILES string of the molecule is CCC(C)NCc1ccc(OCc2c(F)cccc2Cl)c(OC)c1. The Morgan fingerprint density at radius 3 is 2.67 bits per heavy atom. The van der Waals surface area contributed by atoms with Crippen molar-refractivity contribution in [1.82, 2.24) is 5.32 Å². The molecule has 0 saturated carbocycles. The van der Waals surface area contributed by atoms with Crippen molar-refractivity contribution in [3.63, 3.8) is 0 Å². The summed E-state index contributed by atoms with van der Waals surface area (Å²) in [5.74, 6) is 0.797. The molecule has 0 aliphatic heterocycles. The molecule has 0 bridgehead atoms. The Bertz CT molecular complexity index is 658. The first kappa shape index (κ1) is 18.6. The van der Waals surface area contributed by atoms with E-state index in [0.29, 0.717) is 28.1 Å². The lowest BCUT2D eigenvalue weighted by Gasteiger charge is -2.15. The minimum atomic E-state index is -0.379. The lowest BCUT2D eigenvalue weighted by Crippen LogP contribution is -2.24. The van der Waals surface area contributed by atoms with Crippen molar-refractivity contribution < 1.29 is 13.9 Å². The average Bonchev–Trinajstić information content (AvgIpc) is 2.59. The fourth-order valence-corrected chi connectivity index (χ4v) is 2.42. The minimum Gasteiger partial charge on any atom is -0.493 e. The van der Waals surface area contributed by atoms with Crippen LogP contribution in [0.3, 0.4) is 0 Å². The summed E-state index contributed by atoms with van der Waals surface area (Å²) in [6, 6.07) is 10.8. The second kappa shape index (κ2) is 8.90. The molecule has 0 radical (unpaired) electrons. The van der Waals surface area contributed by atoms with Gasteiger partial charge in [-0.2, -0.15) is 0 Å². The van der Waals surface area contributed by atoms with Crippen LogP contribution in [0, 0.1) is 5.82 Å². The summed E-state index contributed by atoms with van der Waals surface area (Å²) in [6.07, 6.45) is 1.07. The van der Waals surface area contributed by atoms with E-state index in [1.165, 1.54) is 6.07 Å². The van der Waals surface area contributed by atoms with Crippen LogP contribution in [-0.4, -0.2) is 13.2 Å². The molecule has 0 spiro atoms. The van der Waals surface area contributed by atoms with Gasteiger partial charge in [-0.1, -0.05) is 30.7 Å². The summed E-state index contributed by atoms with van der Waals surface area (Å²) < 4.78 is 24.9. The van der Waals surface area contributed by atoms with E-state index in [0.717, 1.165) is 18.5 Å². The van der Waals surface area contributed by atoms with Crippen LogP contribution in [0.1, 0.15) is 31.4 Å². The van der Waals surface area contributed by atoms with Crippen LogP contribution in [0.15, 0.2) is 36.4 Å². The predicted octanol–water partition coefficient (Wildman–Crippen LogP) is 4.95. The number of ether oxygens (including phenoxy) is 2. The number of rotatable bonds is 8. The zero-order chi connectivity index (χ0) is 17.5. The first-order valence-electron chi connectivity index (χ1n) is 8.01. The van der Waals surface area contributed by atoms with Gasteiger partial charge >= 0.3 is 0 Å². The van der Waals surface area contributed by atoms with Crippen LogP contribution in [0.2, 0.25) is 5.02 Å². The van der Waals surface area contributed by atoms with Crippen molar-refractivity contribution in [3.05, 3.63) is 58.4 Å². The molecule has 1 N–H and O–H groups in total. The topological polar surface area (TPSA) is 30.5 Å². The molecule has 130 valence electrons. The van der Waals surface area contributed by atoms with Crippen LogP contribution in [0.25, 0.3) is 0 Å². The van der Waals surface area contributed by atoms with Crippen LogP contribution >= 0.6 is 11.6 Å². The highest BCUT2D eigenvalue weighted by Gasteiger charge is 2.11. The molecule has 0 saturated heterocycles. The van der Waals surface area contributed by atoms with E-state index in [2.05, 4.69) is 19.2 Å². The Hall–Kier alpha value is -1.78. The highest BCUT2D eigenvalue weighted by molar-refractivity contribution is 6.31. The number of hydrogen-bond acceptors (Lipinski definition) is 3. The molecule has 0 heterocycles. The summed E-state index contributed by atoms with van der Waals surface area (Å²) >= 11 is 6.02. The van der Waals surface area contributed by atoms with E-state index in [1.807, 2.05) is 18.2 Å². The Labute approximate surface area is 147 Å². The molecule has 0 fully saturated rings. The highest BCUT2D eigenvalue weighted by atomic mass is 35.5. The Balaban J connectivity index is 2.07. The van der Waals surface area contributed by atoms with Crippen LogP contribution in [0.4, 0.5) is 4.39 Å². The third-order valence-electron chi connectivity index (χ3n) is 3.93.